The van der Waals surface area contributed by atoms with Gasteiger partial charge in [0.15, 0.2) is 0 Å². The first-order valence-corrected chi connectivity index (χ1v) is 4.74. The fourth-order valence-corrected chi connectivity index (χ4v) is 1.23. The molecular formula is C11H16N2O. The fraction of sp³-hybridized carbons (Fsp3) is 0.364. The van der Waals surface area contributed by atoms with Crippen molar-refractivity contribution in [2.75, 3.05) is 0 Å². The van der Waals surface area contributed by atoms with Crippen molar-refractivity contribution in [2.45, 2.75) is 25.8 Å². The van der Waals surface area contributed by atoms with E-state index in [9.17, 15) is 4.79 Å². The van der Waals surface area contributed by atoms with Gasteiger partial charge in [-0.25, -0.2) is 0 Å². The number of rotatable bonds is 4. The smallest absolute Gasteiger partial charge is 0.248 e. The van der Waals surface area contributed by atoms with Gasteiger partial charge in [-0.2, -0.15) is 0 Å². The molecule has 3 nitrogen and oxygen atoms in total. The highest BCUT2D eigenvalue weighted by atomic mass is 16.1. The van der Waals surface area contributed by atoms with Crippen LogP contribution in [0.3, 0.4) is 0 Å². The standard InChI is InChI=1S/C11H16N2O/c1-8(12)2-3-9-4-6-10(7-5-9)11(13)14/h4-8H,2-3,12H2,1H3,(H2,13,14). The number of nitrogens with two attached hydrogens (primary N) is 2. The van der Waals surface area contributed by atoms with Crippen molar-refractivity contribution >= 4 is 5.91 Å². The van der Waals surface area contributed by atoms with Gasteiger partial charge in [0.25, 0.3) is 0 Å². The summed E-state index contributed by atoms with van der Waals surface area (Å²) in [5.41, 5.74) is 12.5. The largest absolute Gasteiger partial charge is 0.366 e. The number of carbonyl (C=O) groups excluding carboxylic acids is 1. The Bertz CT molecular complexity index is 304. The summed E-state index contributed by atoms with van der Waals surface area (Å²) in [4.78, 5) is 10.8. The molecular weight excluding hydrogens is 176 g/mol. The molecule has 4 N–H and O–H groups in total. The minimum absolute atomic E-state index is 0.214. The molecule has 0 spiro atoms. The maximum atomic E-state index is 10.8. The summed E-state index contributed by atoms with van der Waals surface area (Å²) in [7, 11) is 0. The molecule has 0 saturated carbocycles. The van der Waals surface area contributed by atoms with Gasteiger partial charge in [-0.15, -0.1) is 0 Å². The molecule has 0 bridgehead atoms. The van der Waals surface area contributed by atoms with E-state index in [0.29, 0.717) is 5.56 Å². The first kappa shape index (κ1) is 10.7. The van der Waals surface area contributed by atoms with Crippen molar-refractivity contribution in [1.82, 2.24) is 0 Å². The Kier molecular flexibility index (Phi) is 3.65. The first-order valence-electron chi connectivity index (χ1n) is 4.74. The van der Waals surface area contributed by atoms with Crippen LogP contribution in [0.2, 0.25) is 0 Å². The molecule has 1 atom stereocenters. The second kappa shape index (κ2) is 4.77. The SMILES string of the molecule is CC(N)CCc1ccc(C(N)=O)cc1. The van der Waals surface area contributed by atoms with Crippen molar-refractivity contribution < 1.29 is 4.79 Å². The van der Waals surface area contributed by atoms with Crippen LogP contribution in [-0.4, -0.2) is 11.9 Å². The third-order valence-corrected chi connectivity index (χ3v) is 2.13. The van der Waals surface area contributed by atoms with Gasteiger partial charge in [0.2, 0.25) is 5.91 Å². The first-order chi connectivity index (χ1) is 6.59. The zero-order valence-electron chi connectivity index (χ0n) is 8.36. The molecule has 3 heteroatoms. The van der Waals surface area contributed by atoms with Crippen LogP contribution in [-0.2, 0) is 6.42 Å². The molecule has 14 heavy (non-hydrogen) atoms. The van der Waals surface area contributed by atoms with Gasteiger partial charge < -0.3 is 11.5 Å². The molecule has 0 aliphatic rings. The van der Waals surface area contributed by atoms with Crippen LogP contribution in [0.15, 0.2) is 24.3 Å². The summed E-state index contributed by atoms with van der Waals surface area (Å²) in [5.74, 6) is -0.385. The van der Waals surface area contributed by atoms with E-state index in [1.807, 2.05) is 19.1 Å². The number of aryl methyl sites for hydroxylation is 1. The van der Waals surface area contributed by atoms with Crippen LogP contribution >= 0.6 is 0 Å². The lowest BCUT2D eigenvalue weighted by molar-refractivity contribution is 0.100. The maximum Gasteiger partial charge on any atom is 0.248 e. The molecule has 1 aromatic carbocycles. The van der Waals surface area contributed by atoms with Crippen LogP contribution in [0.25, 0.3) is 0 Å². The molecule has 1 aromatic rings. The normalized spacial score (nSPS) is 12.4. The minimum Gasteiger partial charge on any atom is -0.366 e. The van der Waals surface area contributed by atoms with Crippen molar-refractivity contribution in [3.63, 3.8) is 0 Å². The van der Waals surface area contributed by atoms with Crippen LogP contribution in [0, 0.1) is 0 Å². The summed E-state index contributed by atoms with van der Waals surface area (Å²) >= 11 is 0. The second-order valence-corrected chi connectivity index (χ2v) is 3.58. The molecule has 0 aliphatic carbocycles. The van der Waals surface area contributed by atoms with E-state index in [2.05, 4.69) is 0 Å². The van der Waals surface area contributed by atoms with E-state index in [-0.39, 0.29) is 11.9 Å². The zero-order valence-corrected chi connectivity index (χ0v) is 8.36. The van der Waals surface area contributed by atoms with Gasteiger partial charge in [0.1, 0.15) is 0 Å². The zero-order chi connectivity index (χ0) is 10.6. The Morgan fingerprint density at radius 1 is 1.36 bits per heavy atom. The van der Waals surface area contributed by atoms with E-state index >= 15 is 0 Å². The fourth-order valence-electron chi connectivity index (χ4n) is 1.23. The molecule has 1 amide bonds. The van der Waals surface area contributed by atoms with Gasteiger partial charge in [-0.05, 0) is 37.5 Å². The Labute approximate surface area is 84.1 Å². The van der Waals surface area contributed by atoms with Gasteiger partial charge in [0, 0.05) is 11.6 Å². The maximum absolute atomic E-state index is 10.8. The Hall–Kier alpha value is -1.35. The number of primary amides is 1. The molecule has 76 valence electrons. The average Bonchev–Trinajstić information content (AvgIpc) is 2.15. The molecule has 0 aromatic heterocycles. The Morgan fingerprint density at radius 3 is 2.36 bits per heavy atom. The third kappa shape index (κ3) is 3.18. The Balaban J connectivity index is 2.60. The molecule has 0 radical (unpaired) electrons. The quantitative estimate of drug-likeness (QED) is 0.749. The summed E-state index contributed by atoms with van der Waals surface area (Å²) in [5, 5.41) is 0. The number of hydrogen-bond acceptors (Lipinski definition) is 2. The van der Waals surface area contributed by atoms with Crippen molar-refractivity contribution in [3.8, 4) is 0 Å². The van der Waals surface area contributed by atoms with Gasteiger partial charge in [0.05, 0.1) is 0 Å². The highest BCUT2D eigenvalue weighted by Gasteiger charge is 2.00. The molecule has 0 heterocycles. The Morgan fingerprint density at radius 2 is 1.93 bits per heavy atom. The van der Waals surface area contributed by atoms with E-state index in [1.165, 1.54) is 5.56 Å². The number of benzene rings is 1. The number of carbonyl (C=O) groups is 1. The predicted molar refractivity (Wildman–Crippen MR) is 56.9 cm³/mol. The van der Waals surface area contributed by atoms with Crippen molar-refractivity contribution in [2.24, 2.45) is 11.5 Å². The third-order valence-electron chi connectivity index (χ3n) is 2.13. The molecule has 0 saturated heterocycles. The number of amides is 1. The lowest BCUT2D eigenvalue weighted by Gasteiger charge is -2.05. The van der Waals surface area contributed by atoms with Crippen LogP contribution in [0.1, 0.15) is 29.3 Å². The van der Waals surface area contributed by atoms with E-state index in [0.717, 1.165) is 12.8 Å². The molecule has 1 rings (SSSR count). The molecule has 0 fully saturated rings. The monoisotopic (exact) mass is 192 g/mol. The van der Waals surface area contributed by atoms with Crippen molar-refractivity contribution in [3.05, 3.63) is 35.4 Å². The summed E-state index contributed by atoms with van der Waals surface area (Å²) < 4.78 is 0. The van der Waals surface area contributed by atoms with Gasteiger partial charge in [-0.1, -0.05) is 12.1 Å². The number of hydrogen-bond donors (Lipinski definition) is 2. The lowest BCUT2D eigenvalue weighted by atomic mass is 10.0. The second-order valence-electron chi connectivity index (χ2n) is 3.58. The predicted octanol–water partition coefficient (Wildman–Crippen LogP) is 1.07. The van der Waals surface area contributed by atoms with E-state index in [4.69, 9.17) is 11.5 Å². The van der Waals surface area contributed by atoms with Gasteiger partial charge >= 0.3 is 0 Å². The minimum atomic E-state index is -0.385. The van der Waals surface area contributed by atoms with Crippen LogP contribution < -0.4 is 11.5 Å². The highest BCUT2D eigenvalue weighted by molar-refractivity contribution is 5.92. The van der Waals surface area contributed by atoms with Crippen molar-refractivity contribution in [1.29, 1.82) is 0 Å². The lowest BCUT2D eigenvalue weighted by Crippen LogP contribution is -2.15. The highest BCUT2D eigenvalue weighted by Crippen LogP contribution is 2.07. The topological polar surface area (TPSA) is 69.1 Å². The van der Waals surface area contributed by atoms with Crippen LogP contribution in [0.4, 0.5) is 0 Å². The summed E-state index contributed by atoms with van der Waals surface area (Å²) in [6, 6.07) is 7.55. The molecule has 0 aliphatic heterocycles. The molecule has 1 unspecified atom stereocenters. The summed E-state index contributed by atoms with van der Waals surface area (Å²) in [6.45, 7) is 1.98. The van der Waals surface area contributed by atoms with Gasteiger partial charge in [-0.3, -0.25) is 4.79 Å². The average molecular weight is 192 g/mol. The van der Waals surface area contributed by atoms with E-state index in [1.54, 1.807) is 12.1 Å². The van der Waals surface area contributed by atoms with Crippen LogP contribution in [0.5, 0.6) is 0 Å². The van der Waals surface area contributed by atoms with E-state index < -0.39 is 0 Å². The summed E-state index contributed by atoms with van der Waals surface area (Å²) in [6.07, 6.45) is 1.90.